The Bertz CT molecular complexity index is 748. The van der Waals surface area contributed by atoms with Gasteiger partial charge in [0.25, 0.3) is 5.78 Å². The molecule has 0 aliphatic heterocycles. The highest BCUT2D eigenvalue weighted by Crippen LogP contribution is 2.25. The van der Waals surface area contributed by atoms with Gasteiger partial charge >= 0.3 is 6.18 Å². The summed E-state index contributed by atoms with van der Waals surface area (Å²) in [6, 6.07) is 13.7. The number of alkyl halides is 3. The Kier molecular flexibility index (Phi) is 5.15. The van der Waals surface area contributed by atoms with Crippen LogP contribution in [0.1, 0.15) is 15.9 Å². The molecule has 2 rings (SSSR count). The second-order valence-corrected chi connectivity index (χ2v) is 5.55. The van der Waals surface area contributed by atoms with Gasteiger partial charge in [0.2, 0.25) is 0 Å². The average Bonchev–Trinajstić information content (AvgIpc) is 2.52. The van der Waals surface area contributed by atoms with Crippen LogP contribution in [0.5, 0.6) is 0 Å². The molecule has 0 saturated heterocycles. The van der Waals surface area contributed by atoms with Crippen LogP contribution in [0.4, 0.5) is 13.2 Å². The highest BCUT2D eigenvalue weighted by molar-refractivity contribution is 9.10. The molecule has 2 aromatic rings. The molecule has 23 heavy (non-hydrogen) atoms. The zero-order chi connectivity index (χ0) is 17.0. The van der Waals surface area contributed by atoms with Crippen molar-refractivity contribution in [2.75, 3.05) is 0 Å². The molecule has 0 aromatic heterocycles. The van der Waals surface area contributed by atoms with E-state index in [2.05, 4.69) is 15.9 Å². The van der Waals surface area contributed by atoms with Gasteiger partial charge in [-0.1, -0.05) is 46.3 Å². The van der Waals surface area contributed by atoms with E-state index in [0.29, 0.717) is 10.0 Å². The molecule has 0 amide bonds. The minimum atomic E-state index is -5.12. The van der Waals surface area contributed by atoms with Crippen LogP contribution in [-0.2, 0) is 4.79 Å². The van der Waals surface area contributed by atoms with Crippen LogP contribution in [0.15, 0.2) is 64.6 Å². The van der Waals surface area contributed by atoms with Gasteiger partial charge in [0.05, 0.1) is 5.57 Å². The summed E-state index contributed by atoms with van der Waals surface area (Å²) in [6.45, 7) is 0. The van der Waals surface area contributed by atoms with Crippen molar-refractivity contribution in [3.05, 3.63) is 75.8 Å². The molecule has 0 aliphatic carbocycles. The van der Waals surface area contributed by atoms with Crippen molar-refractivity contribution >= 4 is 33.6 Å². The SMILES string of the molecule is O=C(/C(=C/c1ccccc1)C(=O)C(F)(F)F)c1ccc(Br)cc1. The van der Waals surface area contributed by atoms with Gasteiger partial charge in [0.15, 0.2) is 5.78 Å². The zero-order valence-corrected chi connectivity index (χ0v) is 13.2. The zero-order valence-electron chi connectivity index (χ0n) is 11.6. The van der Waals surface area contributed by atoms with Gasteiger partial charge in [-0.2, -0.15) is 13.2 Å². The van der Waals surface area contributed by atoms with Gasteiger partial charge in [-0.15, -0.1) is 0 Å². The first-order chi connectivity index (χ1) is 10.8. The van der Waals surface area contributed by atoms with Crippen LogP contribution in [0.3, 0.4) is 0 Å². The van der Waals surface area contributed by atoms with Crippen LogP contribution >= 0.6 is 15.9 Å². The van der Waals surface area contributed by atoms with Gasteiger partial charge < -0.3 is 0 Å². The number of ketones is 2. The number of halogens is 4. The second kappa shape index (κ2) is 6.91. The Labute approximate surface area is 138 Å². The Hall–Kier alpha value is -2.21. The number of carbonyl (C=O) groups excluding carboxylic acids is 2. The molecule has 6 heteroatoms. The summed E-state index contributed by atoms with van der Waals surface area (Å²) in [4.78, 5) is 24.0. The number of hydrogen-bond acceptors (Lipinski definition) is 2. The van der Waals surface area contributed by atoms with Crippen LogP contribution < -0.4 is 0 Å². The minimum absolute atomic E-state index is 0.00739. The van der Waals surface area contributed by atoms with Crippen molar-refractivity contribution in [3.63, 3.8) is 0 Å². The molecule has 0 saturated carbocycles. The van der Waals surface area contributed by atoms with Gasteiger partial charge in [-0.3, -0.25) is 9.59 Å². The Morgan fingerprint density at radius 1 is 0.913 bits per heavy atom. The molecule has 0 fully saturated rings. The summed E-state index contributed by atoms with van der Waals surface area (Å²) in [7, 11) is 0. The third-order valence-electron chi connectivity index (χ3n) is 2.96. The average molecular weight is 383 g/mol. The van der Waals surface area contributed by atoms with E-state index in [4.69, 9.17) is 0 Å². The molecule has 0 aliphatic rings. The van der Waals surface area contributed by atoms with E-state index in [1.165, 1.54) is 36.4 Å². The molecule has 0 spiro atoms. The fourth-order valence-electron chi connectivity index (χ4n) is 1.86. The standard InChI is InChI=1S/C17H10BrF3O2/c18-13-8-6-12(7-9-13)15(22)14(16(23)17(19,20)21)10-11-4-2-1-3-5-11/h1-10H/b14-10-. The molecule has 0 heterocycles. The van der Waals surface area contributed by atoms with Crippen LogP contribution in [0.25, 0.3) is 6.08 Å². The van der Waals surface area contributed by atoms with Crippen molar-refractivity contribution in [1.29, 1.82) is 0 Å². The predicted molar refractivity (Wildman–Crippen MR) is 84.0 cm³/mol. The Morgan fingerprint density at radius 2 is 1.48 bits per heavy atom. The quantitative estimate of drug-likeness (QED) is 0.328. The highest BCUT2D eigenvalue weighted by atomic mass is 79.9. The molecule has 2 aromatic carbocycles. The van der Waals surface area contributed by atoms with E-state index in [0.717, 1.165) is 6.08 Å². The minimum Gasteiger partial charge on any atom is -0.288 e. The van der Waals surface area contributed by atoms with Crippen LogP contribution in [0, 0.1) is 0 Å². The van der Waals surface area contributed by atoms with Crippen molar-refractivity contribution in [1.82, 2.24) is 0 Å². The van der Waals surface area contributed by atoms with E-state index in [1.54, 1.807) is 18.2 Å². The summed E-state index contributed by atoms with van der Waals surface area (Å²) in [5.74, 6) is -3.13. The fourth-order valence-corrected chi connectivity index (χ4v) is 2.12. The number of allylic oxidation sites excluding steroid dienone is 1. The van der Waals surface area contributed by atoms with E-state index >= 15 is 0 Å². The lowest BCUT2D eigenvalue weighted by molar-refractivity contribution is -0.166. The highest BCUT2D eigenvalue weighted by Gasteiger charge is 2.42. The maximum atomic E-state index is 12.8. The first kappa shape index (κ1) is 17.1. The van der Waals surface area contributed by atoms with E-state index in [9.17, 15) is 22.8 Å². The van der Waals surface area contributed by atoms with Gasteiger partial charge in [0, 0.05) is 10.0 Å². The molecule has 118 valence electrons. The number of carbonyl (C=O) groups is 2. The second-order valence-electron chi connectivity index (χ2n) is 4.63. The molecule has 0 unspecified atom stereocenters. The Balaban J connectivity index is 2.49. The third kappa shape index (κ3) is 4.39. The topological polar surface area (TPSA) is 34.1 Å². The molecule has 0 radical (unpaired) electrons. The summed E-state index contributed by atoms with van der Waals surface area (Å²) >= 11 is 3.17. The monoisotopic (exact) mass is 382 g/mol. The fraction of sp³-hybridized carbons (Fsp3) is 0.0588. The molecule has 0 atom stereocenters. The number of Topliss-reactive ketones (excluding diaryl/α,β-unsaturated/α-hetero) is 2. The van der Waals surface area contributed by atoms with Crippen LogP contribution in [0.2, 0.25) is 0 Å². The lowest BCUT2D eigenvalue weighted by Crippen LogP contribution is -2.28. The van der Waals surface area contributed by atoms with Crippen molar-refractivity contribution < 1.29 is 22.8 Å². The van der Waals surface area contributed by atoms with Crippen molar-refractivity contribution in [3.8, 4) is 0 Å². The summed E-state index contributed by atoms with van der Waals surface area (Å²) in [5.41, 5.74) is -0.565. The van der Waals surface area contributed by atoms with E-state index in [1.807, 2.05) is 0 Å². The van der Waals surface area contributed by atoms with Crippen molar-refractivity contribution in [2.24, 2.45) is 0 Å². The van der Waals surface area contributed by atoms with Gasteiger partial charge in [-0.05, 0) is 35.9 Å². The number of rotatable bonds is 4. The van der Waals surface area contributed by atoms with Gasteiger partial charge in [-0.25, -0.2) is 0 Å². The van der Waals surface area contributed by atoms with E-state index < -0.39 is 23.3 Å². The largest absolute Gasteiger partial charge is 0.455 e. The maximum Gasteiger partial charge on any atom is 0.455 e. The van der Waals surface area contributed by atoms with Crippen LogP contribution in [-0.4, -0.2) is 17.7 Å². The first-order valence-electron chi connectivity index (χ1n) is 6.47. The van der Waals surface area contributed by atoms with Gasteiger partial charge in [0.1, 0.15) is 0 Å². The maximum absolute atomic E-state index is 12.8. The lowest BCUT2D eigenvalue weighted by atomic mass is 9.97. The van der Waals surface area contributed by atoms with Crippen molar-refractivity contribution in [2.45, 2.75) is 6.18 Å². The number of benzene rings is 2. The Morgan fingerprint density at radius 3 is 2.00 bits per heavy atom. The molecule has 0 bridgehead atoms. The molecule has 0 N–H and O–H groups in total. The van der Waals surface area contributed by atoms with E-state index in [-0.39, 0.29) is 5.56 Å². The number of hydrogen-bond donors (Lipinski definition) is 0. The first-order valence-corrected chi connectivity index (χ1v) is 7.27. The molecule has 2 nitrogen and oxygen atoms in total. The molecular weight excluding hydrogens is 373 g/mol. The summed E-state index contributed by atoms with van der Waals surface area (Å²) in [5, 5.41) is 0. The predicted octanol–water partition coefficient (Wildman–Crippen LogP) is 4.85. The smallest absolute Gasteiger partial charge is 0.288 e. The normalized spacial score (nSPS) is 12.1. The molecular formula is C17H10BrF3O2. The third-order valence-corrected chi connectivity index (χ3v) is 3.49. The lowest BCUT2D eigenvalue weighted by Gasteiger charge is -2.09. The summed E-state index contributed by atoms with van der Waals surface area (Å²) in [6.07, 6.45) is -4.16. The summed E-state index contributed by atoms with van der Waals surface area (Å²) < 4.78 is 39.0.